The van der Waals surface area contributed by atoms with Gasteiger partial charge in [-0.05, 0) is 54.2 Å². The molecule has 4 aromatic rings. The van der Waals surface area contributed by atoms with Gasteiger partial charge in [0.25, 0.3) is 0 Å². The maximum Gasteiger partial charge on any atom is 0.314 e. The summed E-state index contributed by atoms with van der Waals surface area (Å²) < 4.78 is 6.30. The first-order valence-electron chi connectivity index (χ1n) is 12.0. The van der Waals surface area contributed by atoms with E-state index in [1.165, 1.54) is 11.3 Å². The lowest BCUT2D eigenvalue weighted by Gasteiger charge is -2.20. The van der Waals surface area contributed by atoms with Crippen molar-refractivity contribution in [1.82, 2.24) is 0 Å². The van der Waals surface area contributed by atoms with E-state index in [-0.39, 0.29) is 6.10 Å². The van der Waals surface area contributed by atoms with Crippen LogP contribution in [0.5, 0.6) is 0 Å². The van der Waals surface area contributed by atoms with Gasteiger partial charge in [0, 0.05) is 11.3 Å². The van der Waals surface area contributed by atoms with Gasteiger partial charge in [-0.3, -0.25) is 4.79 Å². The van der Waals surface area contributed by atoms with Crippen molar-refractivity contribution in [3.8, 4) is 21.6 Å². The smallest absolute Gasteiger partial charge is 0.314 e. The zero-order chi connectivity index (χ0) is 26.2. The standard InChI is InChI=1S/C29H27ClN2O4S/c1-17(18-5-3-2-4-6-18)36-28(35)32-24-16-25(30)37-26(24)20-9-12-22(23(31)15-20)19-7-10-21(11-8-19)29(13-14-29)27(33)34/h2-12,15-17,28,32,35H,13-14,31H2,1H3,(H,33,34)/t17-,28?/m1/s1. The van der Waals surface area contributed by atoms with Crippen molar-refractivity contribution in [2.75, 3.05) is 11.1 Å². The van der Waals surface area contributed by atoms with E-state index < -0.39 is 17.8 Å². The molecule has 8 heteroatoms. The molecular weight excluding hydrogens is 508 g/mol. The van der Waals surface area contributed by atoms with Crippen molar-refractivity contribution in [2.45, 2.75) is 37.7 Å². The Bertz CT molecular complexity index is 1420. The largest absolute Gasteiger partial charge is 0.481 e. The number of aliphatic hydroxyl groups is 1. The fourth-order valence-electron chi connectivity index (χ4n) is 4.53. The molecular formula is C29H27ClN2O4S. The molecule has 37 heavy (non-hydrogen) atoms. The van der Waals surface area contributed by atoms with E-state index in [9.17, 15) is 15.0 Å². The second-order valence-electron chi connectivity index (χ2n) is 9.25. The predicted octanol–water partition coefficient (Wildman–Crippen LogP) is 6.90. The van der Waals surface area contributed by atoms with Crippen LogP contribution in [0.3, 0.4) is 0 Å². The second kappa shape index (κ2) is 10.2. The molecule has 2 atom stereocenters. The summed E-state index contributed by atoms with van der Waals surface area (Å²) in [5.41, 5.74) is 11.3. The van der Waals surface area contributed by atoms with E-state index in [2.05, 4.69) is 5.32 Å². The summed E-state index contributed by atoms with van der Waals surface area (Å²) in [6.07, 6.45) is -0.213. The van der Waals surface area contributed by atoms with Crippen LogP contribution in [0.25, 0.3) is 21.6 Å². The first-order valence-corrected chi connectivity index (χ1v) is 13.1. The number of ether oxygens (including phenoxy) is 1. The quantitative estimate of drug-likeness (QED) is 0.137. The lowest BCUT2D eigenvalue weighted by Crippen LogP contribution is -2.24. The number of carboxylic acid groups (broad SMARTS) is 1. The van der Waals surface area contributed by atoms with Crippen molar-refractivity contribution in [2.24, 2.45) is 0 Å². The highest BCUT2D eigenvalue weighted by atomic mass is 35.5. The minimum Gasteiger partial charge on any atom is -0.481 e. The van der Waals surface area contributed by atoms with E-state index in [0.29, 0.717) is 28.6 Å². The number of rotatable bonds is 9. The fourth-order valence-corrected chi connectivity index (χ4v) is 5.72. The number of hydrogen-bond donors (Lipinski definition) is 4. The van der Waals surface area contributed by atoms with Gasteiger partial charge in [-0.1, -0.05) is 78.3 Å². The number of carboxylic acids is 1. The zero-order valence-electron chi connectivity index (χ0n) is 20.1. The van der Waals surface area contributed by atoms with Crippen molar-refractivity contribution in [3.63, 3.8) is 0 Å². The van der Waals surface area contributed by atoms with E-state index >= 15 is 0 Å². The fraction of sp³-hybridized carbons (Fsp3) is 0.207. The Labute approximate surface area is 224 Å². The molecule has 5 N–H and O–H groups in total. The van der Waals surface area contributed by atoms with Crippen LogP contribution in [0.4, 0.5) is 11.4 Å². The van der Waals surface area contributed by atoms with Gasteiger partial charge in [-0.2, -0.15) is 0 Å². The van der Waals surface area contributed by atoms with Gasteiger partial charge in [0.05, 0.1) is 26.4 Å². The van der Waals surface area contributed by atoms with Crippen molar-refractivity contribution in [3.05, 3.63) is 94.3 Å². The first kappa shape index (κ1) is 25.3. The number of carbonyl (C=O) groups is 1. The molecule has 1 aliphatic rings. The monoisotopic (exact) mass is 534 g/mol. The number of nitrogen functional groups attached to an aromatic ring is 1. The first-order chi connectivity index (χ1) is 17.8. The van der Waals surface area contributed by atoms with Crippen molar-refractivity contribution >= 4 is 40.3 Å². The third-order valence-electron chi connectivity index (χ3n) is 6.80. The summed E-state index contributed by atoms with van der Waals surface area (Å²) in [7, 11) is 0. The van der Waals surface area contributed by atoms with Crippen LogP contribution in [0.1, 0.15) is 37.0 Å². The van der Waals surface area contributed by atoms with Gasteiger partial charge in [0.2, 0.25) is 6.41 Å². The molecule has 1 unspecified atom stereocenters. The van der Waals surface area contributed by atoms with E-state index in [0.717, 1.165) is 32.7 Å². The topological polar surface area (TPSA) is 105 Å². The molecule has 190 valence electrons. The summed E-state index contributed by atoms with van der Waals surface area (Å²) in [4.78, 5) is 12.4. The molecule has 5 rings (SSSR count). The molecule has 0 radical (unpaired) electrons. The summed E-state index contributed by atoms with van der Waals surface area (Å²) >= 11 is 7.70. The van der Waals surface area contributed by atoms with Gasteiger partial charge in [-0.25, -0.2) is 0 Å². The van der Waals surface area contributed by atoms with Gasteiger partial charge < -0.3 is 26.0 Å². The Kier molecular flexibility index (Phi) is 6.96. The highest BCUT2D eigenvalue weighted by Crippen LogP contribution is 2.49. The molecule has 0 aliphatic heterocycles. The molecule has 1 saturated carbocycles. The number of aliphatic carboxylic acids is 1. The van der Waals surface area contributed by atoms with Crippen LogP contribution in [0, 0.1) is 0 Å². The molecule has 0 bridgehead atoms. The lowest BCUT2D eigenvalue weighted by atomic mass is 9.93. The molecule has 1 heterocycles. The summed E-state index contributed by atoms with van der Waals surface area (Å²) in [6.45, 7) is 1.87. The third kappa shape index (κ3) is 5.22. The van der Waals surface area contributed by atoms with Crippen molar-refractivity contribution < 1.29 is 19.7 Å². The number of anilines is 2. The predicted molar refractivity (Wildman–Crippen MR) is 149 cm³/mol. The molecule has 3 aromatic carbocycles. The van der Waals surface area contributed by atoms with Gasteiger partial charge in [0.15, 0.2) is 0 Å². The Hall–Kier alpha value is -3.36. The molecule has 0 spiro atoms. The Morgan fingerprint density at radius 3 is 2.35 bits per heavy atom. The number of benzene rings is 3. The highest BCUT2D eigenvalue weighted by Gasteiger charge is 2.51. The Morgan fingerprint density at radius 2 is 1.73 bits per heavy atom. The van der Waals surface area contributed by atoms with Crippen LogP contribution in [0.15, 0.2) is 78.9 Å². The normalized spacial score (nSPS) is 15.6. The van der Waals surface area contributed by atoms with Crippen molar-refractivity contribution in [1.29, 1.82) is 0 Å². The Balaban J connectivity index is 1.34. The average molecular weight is 535 g/mol. The summed E-state index contributed by atoms with van der Waals surface area (Å²) in [6, 6.07) is 24.8. The SMILES string of the molecule is C[C@@H](OC(O)Nc1cc(Cl)sc1-c1ccc(-c2ccc(C3(C(=O)O)CC3)cc2)c(N)c1)c1ccccc1. The molecule has 6 nitrogen and oxygen atoms in total. The second-order valence-corrected chi connectivity index (χ2v) is 10.9. The summed E-state index contributed by atoms with van der Waals surface area (Å²) in [5, 5.41) is 23.1. The van der Waals surface area contributed by atoms with E-state index in [1.54, 1.807) is 6.07 Å². The van der Waals surface area contributed by atoms with Gasteiger partial charge in [0.1, 0.15) is 0 Å². The zero-order valence-corrected chi connectivity index (χ0v) is 21.7. The maximum absolute atomic E-state index is 11.6. The molecule has 0 amide bonds. The number of nitrogens with one attached hydrogen (secondary N) is 1. The number of thiophene rings is 1. The number of nitrogens with two attached hydrogens (primary N) is 1. The van der Waals surface area contributed by atoms with Gasteiger partial charge in [-0.15, -0.1) is 11.3 Å². The van der Waals surface area contributed by atoms with E-state index in [1.807, 2.05) is 79.7 Å². The number of halogens is 1. The summed E-state index contributed by atoms with van der Waals surface area (Å²) in [5.74, 6) is -0.770. The minimum atomic E-state index is -1.24. The molecule has 1 aromatic heterocycles. The van der Waals surface area contributed by atoms with Crippen LogP contribution in [0.2, 0.25) is 4.34 Å². The number of hydrogen-bond acceptors (Lipinski definition) is 6. The molecule has 0 saturated heterocycles. The highest BCUT2D eigenvalue weighted by molar-refractivity contribution is 7.20. The third-order valence-corrected chi connectivity index (χ3v) is 8.12. The average Bonchev–Trinajstić information content (AvgIpc) is 3.62. The van der Waals surface area contributed by atoms with Crippen LogP contribution < -0.4 is 11.1 Å². The Morgan fingerprint density at radius 1 is 1.05 bits per heavy atom. The molecule has 1 fully saturated rings. The maximum atomic E-state index is 11.6. The van der Waals surface area contributed by atoms with Gasteiger partial charge >= 0.3 is 5.97 Å². The van der Waals surface area contributed by atoms with Crippen LogP contribution in [-0.4, -0.2) is 22.6 Å². The minimum absolute atomic E-state index is 0.312. The number of aliphatic hydroxyl groups excluding tert-OH is 1. The molecule has 1 aliphatic carbocycles. The van der Waals surface area contributed by atoms with Crippen LogP contribution >= 0.6 is 22.9 Å². The lowest BCUT2D eigenvalue weighted by molar-refractivity contribution is -0.140. The van der Waals surface area contributed by atoms with Crippen LogP contribution in [-0.2, 0) is 14.9 Å². The van der Waals surface area contributed by atoms with E-state index in [4.69, 9.17) is 22.1 Å².